The van der Waals surface area contributed by atoms with Crippen LogP contribution in [0.4, 0.5) is 0 Å². The second kappa shape index (κ2) is 11.7. The van der Waals surface area contributed by atoms with Crippen molar-refractivity contribution in [2.75, 3.05) is 27.2 Å². The van der Waals surface area contributed by atoms with E-state index >= 15 is 0 Å². The first kappa shape index (κ1) is 28.1. The molecule has 9 nitrogen and oxygen atoms in total. The van der Waals surface area contributed by atoms with Crippen LogP contribution in [0, 0.1) is 5.92 Å². The molecule has 2 aromatic rings. The van der Waals surface area contributed by atoms with Crippen LogP contribution in [-0.2, 0) is 36.2 Å². The van der Waals surface area contributed by atoms with Crippen molar-refractivity contribution in [3.8, 4) is 5.75 Å². The van der Waals surface area contributed by atoms with Gasteiger partial charge in [0.1, 0.15) is 15.5 Å². The van der Waals surface area contributed by atoms with Crippen LogP contribution in [0.1, 0.15) is 38.7 Å². The Hall–Kier alpha value is -2.47. The highest BCUT2D eigenvalue weighted by Gasteiger charge is 2.29. The summed E-state index contributed by atoms with van der Waals surface area (Å²) in [6.07, 6.45) is 2.35. The Kier molecular flexibility index (Phi) is 9.15. The smallest absolute Gasteiger partial charge is 0.340 e. The Morgan fingerprint density at radius 3 is 2.22 bits per heavy atom. The standard InChI is InChI=1S/C25H34N2O7S2/c1-19(2)16-25(28)27(18-22-8-7-15-33-22)17-20-11-13-21(14-12-20)34-36(31,32)24-10-6-5-9-23(24)35(29,30)26(3)4/h5-6,9-14,19,22H,7-8,15-18H2,1-4H3/t22-/m1/s1. The summed E-state index contributed by atoms with van der Waals surface area (Å²) in [6.45, 7) is 5.57. The molecule has 1 aliphatic heterocycles. The summed E-state index contributed by atoms with van der Waals surface area (Å²) in [5.41, 5.74) is 0.811. The van der Waals surface area contributed by atoms with Gasteiger partial charge in [-0.25, -0.2) is 12.7 Å². The van der Waals surface area contributed by atoms with Crippen molar-refractivity contribution in [1.29, 1.82) is 0 Å². The first-order valence-electron chi connectivity index (χ1n) is 11.8. The van der Waals surface area contributed by atoms with E-state index < -0.39 is 25.0 Å². The summed E-state index contributed by atoms with van der Waals surface area (Å²) in [7, 11) is -5.78. The lowest BCUT2D eigenvalue weighted by molar-refractivity contribution is -0.134. The molecule has 1 saturated heterocycles. The van der Waals surface area contributed by atoms with Gasteiger partial charge < -0.3 is 13.8 Å². The number of amides is 1. The van der Waals surface area contributed by atoms with E-state index in [2.05, 4.69) is 0 Å². The molecule has 1 fully saturated rings. The number of benzene rings is 2. The highest BCUT2D eigenvalue weighted by Crippen LogP contribution is 2.27. The van der Waals surface area contributed by atoms with Gasteiger partial charge in [-0.2, -0.15) is 8.42 Å². The topological polar surface area (TPSA) is 110 Å². The lowest BCUT2D eigenvalue weighted by Gasteiger charge is -2.26. The van der Waals surface area contributed by atoms with E-state index in [1.807, 2.05) is 13.8 Å². The van der Waals surface area contributed by atoms with Crippen molar-refractivity contribution < 1.29 is 30.6 Å². The molecular weight excluding hydrogens is 504 g/mol. The van der Waals surface area contributed by atoms with Gasteiger partial charge in [0.15, 0.2) is 0 Å². The molecule has 36 heavy (non-hydrogen) atoms. The van der Waals surface area contributed by atoms with E-state index in [0.29, 0.717) is 26.1 Å². The van der Waals surface area contributed by atoms with Crippen LogP contribution >= 0.6 is 0 Å². The average molecular weight is 539 g/mol. The molecule has 11 heteroatoms. The number of rotatable bonds is 11. The molecule has 1 atom stereocenters. The number of carbonyl (C=O) groups is 1. The van der Waals surface area contributed by atoms with Crippen LogP contribution in [0.3, 0.4) is 0 Å². The third kappa shape index (κ3) is 7.06. The van der Waals surface area contributed by atoms with Crippen molar-refractivity contribution in [3.05, 3.63) is 54.1 Å². The minimum Gasteiger partial charge on any atom is -0.379 e. The Balaban J connectivity index is 1.77. The fourth-order valence-corrected chi connectivity index (χ4v) is 6.48. The average Bonchev–Trinajstić information content (AvgIpc) is 3.32. The lowest BCUT2D eigenvalue weighted by Crippen LogP contribution is -2.37. The van der Waals surface area contributed by atoms with Gasteiger partial charge in [-0.1, -0.05) is 38.1 Å². The van der Waals surface area contributed by atoms with Crippen LogP contribution < -0.4 is 4.18 Å². The Morgan fingerprint density at radius 1 is 1.03 bits per heavy atom. The van der Waals surface area contributed by atoms with Gasteiger partial charge in [0, 0.05) is 40.2 Å². The second-order valence-electron chi connectivity index (χ2n) is 9.42. The van der Waals surface area contributed by atoms with Crippen molar-refractivity contribution in [2.24, 2.45) is 5.92 Å². The van der Waals surface area contributed by atoms with Crippen molar-refractivity contribution >= 4 is 26.0 Å². The third-order valence-corrected chi connectivity index (χ3v) is 9.07. The molecule has 0 N–H and O–H groups in total. The number of hydrogen-bond acceptors (Lipinski definition) is 7. The Labute approximate surface area is 214 Å². The molecule has 198 valence electrons. The largest absolute Gasteiger partial charge is 0.379 e. The van der Waals surface area contributed by atoms with E-state index in [1.165, 1.54) is 50.5 Å². The first-order chi connectivity index (χ1) is 16.9. The van der Waals surface area contributed by atoms with Gasteiger partial charge in [0.05, 0.1) is 6.10 Å². The van der Waals surface area contributed by atoms with Gasteiger partial charge in [0.2, 0.25) is 15.9 Å². The first-order valence-corrected chi connectivity index (χ1v) is 14.7. The maximum absolute atomic E-state index is 13.0. The minimum absolute atomic E-state index is 0.0207. The molecule has 1 aliphatic rings. The molecule has 0 aliphatic carbocycles. The van der Waals surface area contributed by atoms with Crippen LogP contribution in [0.25, 0.3) is 0 Å². The van der Waals surface area contributed by atoms with Crippen molar-refractivity contribution in [3.63, 3.8) is 0 Å². The van der Waals surface area contributed by atoms with E-state index in [4.69, 9.17) is 8.92 Å². The second-order valence-corrected chi connectivity index (χ2v) is 13.1. The highest BCUT2D eigenvalue weighted by atomic mass is 32.2. The number of ether oxygens (including phenoxy) is 1. The minimum atomic E-state index is -4.43. The van der Waals surface area contributed by atoms with Gasteiger partial charge >= 0.3 is 10.1 Å². The summed E-state index contributed by atoms with van der Waals surface area (Å²) in [5, 5.41) is 0. The lowest BCUT2D eigenvalue weighted by atomic mass is 10.1. The number of carbonyl (C=O) groups excluding carboxylic acids is 1. The van der Waals surface area contributed by atoms with Gasteiger partial charge in [-0.15, -0.1) is 0 Å². The molecule has 3 rings (SSSR count). The zero-order chi connectivity index (χ0) is 26.5. The van der Waals surface area contributed by atoms with E-state index in [1.54, 1.807) is 17.0 Å². The molecule has 1 heterocycles. The van der Waals surface area contributed by atoms with Gasteiger partial charge in [0.25, 0.3) is 0 Å². The monoisotopic (exact) mass is 538 g/mol. The predicted octanol–water partition coefficient (Wildman–Crippen LogP) is 3.26. The Bertz CT molecular complexity index is 1250. The normalized spacial score (nSPS) is 16.4. The summed E-state index contributed by atoms with van der Waals surface area (Å²) < 4.78 is 63.1. The molecule has 0 radical (unpaired) electrons. The van der Waals surface area contributed by atoms with Gasteiger partial charge in [-0.3, -0.25) is 4.79 Å². The van der Waals surface area contributed by atoms with Crippen LogP contribution in [0.2, 0.25) is 0 Å². The summed E-state index contributed by atoms with van der Waals surface area (Å²) in [6, 6.07) is 11.7. The molecule has 0 bridgehead atoms. The quantitative estimate of drug-likeness (QED) is 0.404. The molecule has 2 aromatic carbocycles. The number of hydrogen-bond donors (Lipinski definition) is 0. The van der Waals surface area contributed by atoms with E-state index in [-0.39, 0.29) is 28.6 Å². The summed E-state index contributed by atoms with van der Waals surface area (Å²) in [5.74, 6) is 0.307. The van der Waals surface area contributed by atoms with Crippen LogP contribution in [-0.4, -0.2) is 65.3 Å². The summed E-state index contributed by atoms with van der Waals surface area (Å²) in [4.78, 5) is 13.8. The third-order valence-electron chi connectivity index (χ3n) is 5.76. The summed E-state index contributed by atoms with van der Waals surface area (Å²) >= 11 is 0. The zero-order valence-corrected chi connectivity index (χ0v) is 22.7. The molecular formula is C25H34N2O7S2. The zero-order valence-electron chi connectivity index (χ0n) is 21.1. The maximum Gasteiger partial charge on any atom is 0.340 e. The molecule has 1 amide bonds. The van der Waals surface area contributed by atoms with Crippen LogP contribution in [0.5, 0.6) is 5.75 Å². The molecule has 0 saturated carbocycles. The van der Waals surface area contributed by atoms with Gasteiger partial charge in [-0.05, 0) is 48.6 Å². The predicted molar refractivity (Wildman–Crippen MR) is 135 cm³/mol. The molecule has 0 aromatic heterocycles. The highest BCUT2D eigenvalue weighted by molar-refractivity contribution is 7.91. The fraction of sp³-hybridized carbons (Fsp3) is 0.480. The molecule has 0 unspecified atom stereocenters. The van der Waals surface area contributed by atoms with Crippen molar-refractivity contribution in [1.82, 2.24) is 9.21 Å². The molecule has 0 spiro atoms. The number of sulfonamides is 1. The Morgan fingerprint density at radius 2 is 1.67 bits per heavy atom. The van der Waals surface area contributed by atoms with Crippen LogP contribution in [0.15, 0.2) is 58.3 Å². The SMILES string of the molecule is CC(C)CC(=O)N(Cc1ccc(OS(=O)(=O)c2ccccc2S(=O)(=O)N(C)C)cc1)C[C@H]1CCCO1. The van der Waals surface area contributed by atoms with E-state index in [9.17, 15) is 21.6 Å². The maximum atomic E-state index is 13.0. The fourth-order valence-electron chi connectivity index (χ4n) is 3.88. The van der Waals surface area contributed by atoms with E-state index in [0.717, 1.165) is 22.7 Å². The number of nitrogens with zero attached hydrogens (tertiary/aromatic N) is 2. The van der Waals surface area contributed by atoms with Crippen molar-refractivity contribution in [2.45, 2.75) is 55.5 Å².